The molecule has 308 valence electrons. The highest BCUT2D eigenvalue weighted by Gasteiger charge is 2.43. The van der Waals surface area contributed by atoms with Crippen LogP contribution >= 0.6 is 0 Å². The van der Waals surface area contributed by atoms with E-state index in [9.17, 15) is 28.8 Å². The number of aryl methyl sites for hydroxylation is 1. The van der Waals surface area contributed by atoms with E-state index in [0.29, 0.717) is 38.0 Å². The van der Waals surface area contributed by atoms with Crippen molar-refractivity contribution >= 4 is 36.2 Å². The van der Waals surface area contributed by atoms with Crippen LogP contribution in [-0.4, -0.2) is 91.3 Å². The third-order valence-corrected chi connectivity index (χ3v) is 9.62. The SMILES string of the molecule is C=C(C)C(=O)OCCOC(=O)NCC1(C)CC(NC(=O)OC(C)COC(=O)NCC2(C)CC(NC(=O)Nc3nc(C)cc(=O)[nH]3)CC(C)(C)C2)CC(C)(C)C1. The maximum absolute atomic E-state index is 12.9. The Morgan fingerprint density at radius 2 is 1.36 bits per heavy atom. The molecule has 2 aliphatic rings. The molecule has 1 aromatic rings. The lowest BCUT2D eigenvalue weighted by Gasteiger charge is -2.46. The van der Waals surface area contributed by atoms with Crippen molar-refractivity contribution in [2.24, 2.45) is 21.7 Å². The van der Waals surface area contributed by atoms with Gasteiger partial charge in [0.1, 0.15) is 25.9 Å². The lowest BCUT2D eigenvalue weighted by atomic mass is 9.62. The van der Waals surface area contributed by atoms with Crippen molar-refractivity contribution in [1.29, 1.82) is 0 Å². The molecule has 2 fully saturated rings. The number of anilines is 1. The predicted octanol–water partition coefficient (Wildman–Crippen LogP) is 5.06. The summed E-state index contributed by atoms with van der Waals surface area (Å²) < 4.78 is 21.0. The Labute approximate surface area is 323 Å². The lowest BCUT2D eigenvalue weighted by Crippen LogP contribution is -2.51. The van der Waals surface area contributed by atoms with Crippen LogP contribution in [0.1, 0.15) is 99.6 Å². The Morgan fingerprint density at radius 3 is 1.91 bits per heavy atom. The van der Waals surface area contributed by atoms with Gasteiger partial charge in [-0.15, -0.1) is 0 Å². The molecule has 5 amide bonds. The van der Waals surface area contributed by atoms with E-state index in [4.69, 9.17) is 18.9 Å². The number of esters is 1. The minimum Gasteiger partial charge on any atom is -0.459 e. The molecule has 0 radical (unpaired) electrons. The van der Waals surface area contributed by atoms with Crippen LogP contribution in [0, 0.1) is 28.6 Å². The number of nitrogens with zero attached hydrogens (tertiary/aromatic N) is 1. The fourth-order valence-electron chi connectivity index (χ4n) is 8.38. The molecule has 1 heterocycles. The van der Waals surface area contributed by atoms with Gasteiger partial charge >= 0.3 is 30.3 Å². The van der Waals surface area contributed by atoms with Crippen LogP contribution < -0.4 is 32.1 Å². The Morgan fingerprint density at radius 1 is 0.836 bits per heavy atom. The molecule has 1 aromatic heterocycles. The molecule has 2 aliphatic carbocycles. The highest BCUT2D eigenvalue weighted by atomic mass is 16.6. The Hall–Kier alpha value is -4.83. The van der Waals surface area contributed by atoms with Crippen LogP contribution in [0.25, 0.3) is 0 Å². The Kier molecular flexibility index (Phi) is 15.1. The van der Waals surface area contributed by atoms with E-state index in [1.165, 1.54) is 13.0 Å². The summed E-state index contributed by atoms with van der Waals surface area (Å²) >= 11 is 0. The summed E-state index contributed by atoms with van der Waals surface area (Å²) in [6.07, 6.45) is 1.52. The van der Waals surface area contributed by atoms with Crippen LogP contribution in [-0.2, 0) is 23.7 Å². The molecule has 55 heavy (non-hydrogen) atoms. The van der Waals surface area contributed by atoms with Crippen LogP contribution in [0.2, 0.25) is 0 Å². The first-order valence-electron chi connectivity index (χ1n) is 18.7. The van der Waals surface area contributed by atoms with Crippen molar-refractivity contribution in [1.82, 2.24) is 31.2 Å². The van der Waals surface area contributed by atoms with E-state index in [1.807, 2.05) is 13.8 Å². The molecule has 17 heteroatoms. The summed E-state index contributed by atoms with van der Waals surface area (Å²) in [6.45, 7) is 21.1. The number of aromatic nitrogens is 2. The number of urea groups is 1. The molecule has 6 N–H and O–H groups in total. The van der Waals surface area contributed by atoms with Crippen molar-refractivity contribution in [3.63, 3.8) is 0 Å². The maximum atomic E-state index is 12.9. The lowest BCUT2D eigenvalue weighted by molar-refractivity contribution is -0.139. The van der Waals surface area contributed by atoms with E-state index in [0.717, 1.165) is 19.3 Å². The molecule has 5 unspecified atom stereocenters. The van der Waals surface area contributed by atoms with Crippen molar-refractivity contribution < 1.29 is 42.9 Å². The van der Waals surface area contributed by atoms with Gasteiger partial charge in [0, 0.05) is 42.5 Å². The van der Waals surface area contributed by atoms with Gasteiger partial charge in [-0.05, 0) is 81.0 Å². The smallest absolute Gasteiger partial charge is 0.407 e. The number of ether oxygens (including phenoxy) is 4. The van der Waals surface area contributed by atoms with Crippen LogP contribution in [0.5, 0.6) is 0 Å². The van der Waals surface area contributed by atoms with Crippen molar-refractivity contribution in [2.75, 3.05) is 38.2 Å². The van der Waals surface area contributed by atoms with Gasteiger partial charge in [0.25, 0.3) is 5.56 Å². The van der Waals surface area contributed by atoms with E-state index < -0.39 is 36.4 Å². The largest absolute Gasteiger partial charge is 0.459 e. The van der Waals surface area contributed by atoms with Gasteiger partial charge in [-0.2, -0.15) is 0 Å². The second kappa shape index (κ2) is 18.7. The summed E-state index contributed by atoms with van der Waals surface area (Å²) in [7, 11) is 0. The Balaban J connectivity index is 1.41. The summed E-state index contributed by atoms with van der Waals surface area (Å²) in [5, 5.41) is 14.1. The summed E-state index contributed by atoms with van der Waals surface area (Å²) in [5.41, 5.74) is -0.635. The first kappa shape index (κ1) is 44.6. The number of rotatable bonds is 14. The third-order valence-electron chi connectivity index (χ3n) is 9.62. The molecular weight excluding hydrogens is 714 g/mol. The van der Waals surface area contributed by atoms with Gasteiger partial charge in [0.05, 0.1) is 0 Å². The minimum absolute atomic E-state index is 0.0603. The fourth-order valence-corrected chi connectivity index (χ4v) is 8.38. The average molecular weight is 776 g/mol. The maximum Gasteiger partial charge on any atom is 0.407 e. The normalized spacial score (nSPS) is 24.5. The number of carbonyl (C=O) groups is 5. The molecule has 0 bridgehead atoms. The number of aromatic amines is 1. The van der Waals surface area contributed by atoms with Gasteiger partial charge in [-0.25, -0.2) is 29.0 Å². The van der Waals surface area contributed by atoms with E-state index in [2.05, 4.69) is 70.8 Å². The molecule has 0 spiro atoms. The first-order valence-corrected chi connectivity index (χ1v) is 18.7. The number of amides is 5. The van der Waals surface area contributed by atoms with Gasteiger partial charge < -0.3 is 40.2 Å². The van der Waals surface area contributed by atoms with Gasteiger partial charge in [-0.3, -0.25) is 15.1 Å². The van der Waals surface area contributed by atoms with Crippen molar-refractivity contribution in [3.05, 3.63) is 34.3 Å². The minimum atomic E-state index is -0.728. The number of carbonyl (C=O) groups excluding carboxylic acids is 5. The zero-order chi connectivity index (χ0) is 41.2. The average Bonchev–Trinajstić information content (AvgIpc) is 3.01. The topological polar surface area (TPSA) is 228 Å². The highest BCUT2D eigenvalue weighted by molar-refractivity contribution is 5.87. The van der Waals surface area contributed by atoms with E-state index >= 15 is 0 Å². The number of nitrogens with one attached hydrogen (secondary N) is 6. The zero-order valence-corrected chi connectivity index (χ0v) is 33.8. The molecule has 3 rings (SSSR count). The molecule has 0 saturated heterocycles. The summed E-state index contributed by atoms with van der Waals surface area (Å²) in [6, 6.07) is 0.411. The zero-order valence-electron chi connectivity index (χ0n) is 33.8. The standard InChI is InChI=1S/C38H61N7O10/c1-23(2)29(47)52-11-12-53-32(49)39-21-38(10)17-27(15-36(7,8)20-38)43-34(51)55-25(4)18-54-33(50)40-22-37(9)16-26(14-35(5,6)19-37)42-31(48)45-30-41-24(3)13-28(46)44-30/h13,25-27H,1,11-12,14-22H2,2-10H3,(H,39,49)(H,40,50)(H,43,51)(H3,41,42,44,45,46,48). The number of alkyl carbamates (subject to hydrolysis) is 3. The molecule has 17 nitrogen and oxygen atoms in total. The first-order chi connectivity index (χ1) is 25.4. The number of hydrogen-bond acceptors (Lipinski definition) is 11. The van der Waals surface area contributed by atoms with Crippen molar-refractivity contribution in [2.45, 2.75) is 119 Å². The third kappa shape index (κ3) is 15.8. The molecule has 0 aromatic carbocycles. The second-order valence-corrected chi connectivity index (χ2v) is 17.6. The molecule has 5 atom stereocenters. The van der Waals surface area contributed by atoms with Gasteiger partial charge in [0.15, 0.2) is 0 Å². The molecule has 2 saturated carbocycles. The number of hydrogen-bond donors (Lipinski definition) is 6. The summed E-state index contributed by atoms with van der Waals surface area (Å²) in [4.78, 5) is 80.5. The van der Waals surface area contributed by atoms with E-state index in [1.54, 1.807) is 13.8 Å². The van der Waals surface area contributed by atoms with Crippen molar-refractivity contribution in [3.8, 4) is 0 Å². The van der Waals surface area contributed by atoms with Gasteiger partial charge in [-0.1, -0.05) is 48.1 Å². The predicted molar refractivity (Wildman–Crippen MR) is 204 cm³/mol. The molecular formula is C38H61N7O10. The van der Waals surface area contributed by atoms with E-state index in [-0.39, 0.29) is 70.6 Å². The van der Waals surface area contributed by atoms with Crippen LogP contribution in [0.15, 0.2) is 23.0 Å². The fraction of sp³-hybridized carbons (Fsp3) is 0.711. The Bertz CT molecular complexity index is 1630. The van der Waals surface area contributed by atoms with Gasteiger partial charge in [0.2, 0.25) is 5.95 Å². The van der Waals surface area contributed by atoms with Crippen LogP contribution in [0.3, 0.4) is 0 Å². The summed E-state index contributed by atoms with van der Waals surface area (Å²) in [5.74, 6) is -0.493. The second-order valence-electron chi connectivity index (χ2n) is 17.6. The molecule has 0 aliphatic heterocycles. The van der Waals surface area contributed by atoms with Crippen LogP contribution in [0.4, 0.5) is 25.1 Å². The quantitative estimate of drug-likeness (QED) is 0.0634. The monoisotopic (exact) mass is 775 g/mol. The highest BCUT2D eigenvalue weighted by Crippen LogP contribution is 2.47. The number of H-pyrrole nitrogens is 1.